The van der Waals surface area contributed by atoms with E-state index in [1.807, 2.05) is 19.1 Å². The zero-order valence-electron chi connectivity index (χ0n) is 9.24. The predicted octanol–water partition coefficient (Wildman–Crippen LogP) is 3.87. The Morgan fingerprint density at radius 1 is 1.59 bits per heavy atom. The lowest BCUT2D eigenvalue weighted by Gasteiger charge is -2.06. The van der Waals surface area contributed by atoms with Gasteiger partial charge in [-0.2, -0.15) is 0 Å². The van der Waals surface area contributed by atoms with Gasteiger partial charge in [-0.15, -0.1) is 0 Å². The molecule has 1 N–H and O–H groups in total. The summed E-state index contributed by atoms with van der Waals surface area (Å²) in [6, 6.07) is 2.28. The Morgan fingerprint density at radius 2 is 2.29 bits per heavy atom. The second-order valence-electron chi connectivity index (χ2n) is 3.33. The van der Waals surface area contributed by atoms with E-state index >= 15 is 0 Å². The molecule has 6 heteroatoms. The average Bonchev–Trinajstić information content (AvgIpc) is 2.28. The summed E-state index contributed by atoms with van der Waals surface area (Å²) in [7, 11) is 0. The molecule has 0 unspecified atom stereocenters. The second kappa shape index (κ2) is 6.34. The van der Waals surface area contributed by atoms with Gasteiger partial charge >= 0.3 is 0 Å². The van der Waals surface area contributed by atoms with Gasteiger partial charge in [-0.1, -0.05) is 12.2 Å². The normalized spacial score (nSPS) is 10.8. The quantitative estimate of drug-likeness (QED) is 0.389. The molecule has 0 bridgehead atoms. The molecule has 1 aromatic carbocycles. The van der Waals surface area contributed by atoms with Crippen LogP contribution >= 0.6 is 15.9 Å². The highest BCUT2D eigenvalue weighted by Gasteiger charge is 2.16. The maximum atomic E-state index is 13.2. The van der Waals surface area contributed by atoms with Crippen molar-refractivity contribution >= 4 is 27.3 Å². The van der Waals surface area contributed by atoms with Gasteiger partial charge in [0.1, 0.15) is 11.5 Å². The number of nitro benzene ring substituents is 1. The molecule has 1 rings (SSSR count). The number of anilines is 1. The van der Waals surface area contributed by atoms with Crippen LogP contribution in [-0.4, -0.2) is 11.5 Å². The van der Waals surface area contributed by atoms with E-state index in [2.05, 4.69) is 21.2 Å². The van der Waals surface area contributed by atoms with E-state index in [1.165, 1.54) is 6.07 Å². The van der Waals surface area contributed by atoms with Gasteiger partial charge in [0.25, 0.3) is 5.69 Å². The van der Waals surface area contributed by atoms with E-state index in [0.717, 1.165) is 12.5 Å². The lowest BCUT2D eigenvalue weighted by molar-refractivity contribution is -0.384. The highest BCUT2D eigenvalue weighted by molar-refractivity contribution is 9.10. The minimum Gasteiger partial charge on any atom is -0.379 e. The van der Waals surface area contributed by atoms with Crippen LogP contribution in [0.3, 0.4) is 0 Å². The summed E-state index contributed by atoms with van der Waals surface area (Å²) in [4.78, 5) is 10.1. The standard InChI is InChI=1S/C11H12BrFN2O2/c1-2-3-4-5-14-10-6-8(12)9(13)7-11(10)15(16)17/h2-3,6-7,14H,4-5H2,1H3/b3-2+. The first-order valence-corrected chi connectivity index (χ1v) is 5.84. The number of nitrogens with one attached hydrogen (secondary N) is 1. The molecule has 92 valence electrons. The molecule has 0 saturated heterocycles. The second-order valence-corrected chi connectivity index (χ2v) is 4.18. The smallest absolute Gasteiger partial charge is 0.295 e. The zero-order chi connectivity index (χ0) is 12.8. The molecule has 0 aliphatic carbocycles. The Hall–Kier alpha value is -1.43. The van der Waals surface area contributed by atoms with E-state index < -0.39 is 10.7 Å². The van der Waals surface area contributed by atoms with Gasteiger partial charge in [0.05, 0.1) is 15.5 Å². The van der Waals surface area contributed by atoms with Crippen molar-refractivity contribution in [2.24, 2.45) is 0 Å². The first kappa shape index (κ1) is 13.6. The van der Waals surface area contributed by atoms with Crippen molar-refractivity contribution < 1.29 is 9.31 Å². The molecule has 0 saturated carbocycles. The van der Waals surface area contributed by atoms with Gasteiger partial charge in [-0.25, -0.2) is 4.39 Å². The van der Waals surface area contributed by atoms with Crippen LogP contribution in [0.15, 0.2) is 28.8 Å². The summed E-state index contributed by atoms with van der Waals surface area (Å²) in [5.41, 5.74) is 0.0546. The van der Waals surface area contributed by atoms with Crippen LogP contribution in [0.25, 0.3) is 0 Å². The monoisotopic (exact) mass is 302 g/mol. The maximum absolute atomic E-state index is 13.2. The highest BCUT2D eigenvalue weighted by atomic mass is 79.9. The van der Waals surface area contributed by atoms with Crippen LogP contribution in [0.2, 0.25) is 0 Å². The first-order valence-electron chi connectivity index (χ1n) is 5.04. The maximum Gasteiger partial charge on any atom is 0.295 e. The minimum absolute atomic E-state index is 0.205. The molecule has 0 spiro atoms. The number of halogens is 2. The fraction of sp³-hybridized carbons (Fsp3) is 0.273. The number of hydrogen-bond donors (Lipinski definition) is 1. The summed E-state index contributed by atoms with van der Waals surface area (Å²) < 4.78 is 13.4. The summed E-state index contributed by atoms with van der Waals surface area (Å²) in [5.74, 6) is -0.643. The summed E-state index contributed by atoms with van der Waals surface area (Å²) in [6.45, 7) is 2.46. The van der Waals surface area contributed by atoms with Crippen molar-refractivity contribution in [2.75, 3.05) is 11.9 Å². The van der Waals surface area contributed by atoms with Crippen LogP contribution in [0.1, 0.15) is 13.3 Å². The van der Waals surface area contributed by atoms with Crippen LogP contribution in [0, 0.1) is 15.9 Å². The van der Waals surface area contributed by atoms with Gasteiger partial charge in [-0.05, 0) is 35.3 Å². The van der Waals surface area contributed by atoms with Crippen molar-refractivity contribution in [3.8, 4) is 0 Å². The fourth-order valence-corrected chi connectivity index (χ4v) is 1.63. The molecule has 0 fully saturated rings. The molecule has 0 radical (unpaired) electrons. The van der Waals surface area contributed by atoms with E-state index in [9.17, 15) is 14.5 Å². The molecule has 0 atom stereocenters. The van der Waals surface area contributed by atoms with Crippen molar-refractivity contribution in [1.29, 1.82) is 0 Å². The summed E-state index contributed by atoms with van der Waals surface area (Å²) in [5, 5.41) is 13.7. The molecular formula is C11H12BrFN2O2. The van der Waals surface area contributed by atoms with Gasteiger partial charge in [0, 0.05) is 6.54 Å². The van der Waals surface area contributed by atoms with Crippen molar-refractivity contribution in [3.63, 3.8) is 0 Å². The van der Waals surface area contributed by atoms with Gasteiger partial charge in [-0.3, -0.25) is 10.1 Å². The number of nitrogens with zero attached hydrogens (tertiary/aromatic N) is 1. The van der Waals surface area contributed by atoms with Crippen LogP contribution in [0.5, 0.6) is 0 Å². The van der Waals surface area contributed by atoms with E-state index in [4.69, 9.17) is 0 Å². The molecule has 0 aliphatic heterocycles. The van der Waals surface area contributed by atoms with E-state index in [1.54, 1.807) is 0 Å². The largest absolute Gasteiger partial charge is 0.379 e. The molecule has 1 aromatic rings. The topological polar surface area (TPSA) is 55.2 Å². The summed E-state index contributed by atoms with van der Waals surface area (Å²) >= 11 is 3.00. The number of rotatable bonds is 5. The molecule has 17 heavy (non-hydrogen) atoms. The Bertz CT molecular complexity index is 449. The van der Waals surface area contributed by atoms with E-state index in [0.29, 0.717) is 12.2 Å². The number of benzene rings is 1. The minimum atomic E-state index is -0.643. The molecule has 0 amide bonds. The van der Waals surface area contributed by atoms with Crippen LogP contribution in [0.4, 0.5) is 15.8 Å². The van der Waals surface area contributed by atoms with Crippen molar-refractivity contribution in [3.05, 3.63) is 44.7 Å². The molecule has 0 aliphatic rings. The average molecular weight is 303 g/mol. The van der Waals surface area contributed by atoms with Gasteiger partial charge < -0.3 is 5.32 Å². The SMILES string of the molecule is C/C=C/CCNc1cc(Br)c(F)cc1[N+](=O)[O-]. The van der Waals surface area contributed by atoms with Crippen LogP contribution in [-0.2, 0) is 0 Å². The highest BCUT2D eigenvalue weighted by Crippen LogP contribution is 2.30. The first-order chi connectivity index (χ1) is 8.06. The number of hydrogen-bond acceptors (Lipinski definition) is 3. The zero-order valence-corrected chi connectivity index (χ0v) is 10.8. The van der Waals surface area contributed by atoms with Gasteiger partial charge in [0.15, 0.2) is 0 Å². The van der Waals surface area contributed by atoms with E-state index in [-0.39, 0.29) is 10.2 Å². The van der Waals surface area contributed by atoms with Crippen LogP contribution < -0.4 is 5.32 Å². The molecule has 0 heterocycles. The number of nitro groups is 1. The lowest BCUT2D eigenvalue weighted by Crippen LogP contribution is -2.04. The molecule has 4 nitrogen and oxygen atoms in total. The Kier molecular flexibility index (Phi) is 5.09. The van der Waals surface area contributed by atoms with Crippen molar-refractivity contribution in [1.82, 2.24) is 0 Å². The van der Waals surface area contributed by atoms with Gasteiger partial charge in [0.2, 0.25) is 0 Å². The Morgan fingerprint density at radius 3 is 2.88 bits per heavy atom. The third-order valence-electron chi connectivity index (χ3n) is 2.10. The predicted molar refractivity (Wildman–Crippen MR) is 68.7 cm³/mol. The fourth-order valence-electron chi connectivity index (χ4n) is 1.29. The Balaban J connectivity index is 2.88. The third-order valence-corrected chi connectivity index (χ3v) is 2.71. The molecular weight excluding hydrogens is 291 g/mol. The lowest BCUT2D eigenvalue weighted by atomic mass is 10.2. The summed E-state index contributed by atoms with van der Waals surface area (Å²) in [6.07, 6.45) is 4.59. The number of allylic oxidation sites excluding steroid dienone is 1. The van der Waals surface area contributed by atoms with Crippen molar-refractivity contribution in [2.45, 2.75) is 13.3 Å². The third kappa shape index (κ3) is 3.81. The Labute approximate surface area is 107 Å². The molecule has 0 aromatic heterocycles.